The van der Waals surface area contributed by atoms with Crippen LogP contribution < -0.4 is 14.2 Å². The molecule has 0 atom stereocenters. The molecule has 236 valence electrons. The summed E-state index contributed by atoms with van der Waals surface area (Å²) < 4.78 is 8.52. The van der Waals surface area contributed by atoms with Crippen LogP contribution in [0.2, 0.25) is 0 Å². The molecule has 0 saturated heterocycles. The number of rotatable bonds is 20. The van der Waals surface area contributed by atoms with Crippen molar-refractivity contribution >= 4 is 22.9 Å². The molecule has 43 heavy (non-hydrogen) atoms. The first-order chi connectivity index (χ1) is 20.8. The lowest BCUT2D eigenvalue weighted by atomic mass is 9.85. The molecule has 0 spiro atoms. The average molecular weight is 606 g/mol. The van der Waals surface area contributed by atoms with Crippen LogP contribution in [-0.2, 0) is 23.3 Å². The first kappa shape index (κ1) is 34.8. The second kappa shape index (κ2) is 18.9. The Balaban J connectivity index is 1.54. The zero-order chi connectivity index (χ0) is 30.9. The fraction of sp³-hybridized carbons (Fsp3) is 0.579. The Morgan fingerprint density at radius 2 is 1.51 bits per heavy atom. The lowest BCUT2D eigenvalue weighted by molar-refractivity contribution is -0.683. The molecular formula is C38H57N2O2S+. The second-order valence-corrected chi connectivity index (χ2v) is 13.8. The van der Waals surface area contributed by atoms with Crippen LogP contribution >= 0.6 is 11.3 Å². The molecule has 4 nitrogen and oxygen atoms in total. The van der Waals surface area contributed by atoms with Gasteiger partial charge in [-0.15, -0.1) is 0 Å². The third-order valence-corrected chi connectivity index (χ3v) is 8.84. The smallest absolute Gasteiger partial charge is 0.227 e. The number of anilines is 1. The number of hydrogen-bond donors (Lipinski definition) is 0. The molecule has 0 N–H and O–H groups in total. The molecular weight excluding hydrogens is 548 g/mol. The Kier molecular flexibility index (Phi) is 15.3. The number of benzene rings is 2. The molecule has 2 aromatic carbocycles. The van der Waals surface area contributed by atoms with E-state index in [0.29, 0.717) is 13.0 Å². The second-order valence-electron chi connectivity index (χ2n) is 13.0. The van der Waals surface area contributed by atoms with Crippen LogP contribution in [0.1, 0.15) is 135 Å². The molecule has 1 heterocycles. The number of thiazole rings is 1. The van der Waals surface area contributed by atoms with Crippen molar-refractivity contribution in [2.75, 3.05) is 11.5 Å². The van der Waals surface area contributed by atoms with E-state index in [9.17, 15) is 4.79 Å². The lowest BCUT2D eigenvalue weighted by Crippen LogP contribution is -2.32. The fourth-order valence-corrected chi connectivity index (χ4v) is 6.19. The summed E-state index contributed by atoms with van der Waals surface area (Å²) in [5.41, 5.74) is 6.52. The van der Waals surface area contributed by atoms with Gasteiger partial charge in [0.1, 0.15) is 5.75 Å². The van der Waals surface area contributed by atoms with Crippen LogP contribution in [0.15, 0.2) is 59.6 Å². The maximum atomic E-state index is 13.1. The van der Waals surface area contributed by atoms with Crippen molar-refractivity contribution in [1.82, 2.24) is 0 Å². The number of amides is 1. The van der Waals surface area contributed by atoms with Gasteiger partial charge in [0, 0.05) is 17.7 Å². The fourth-order valence-electron chi connectivity index (χ4n) is 5.59. The number of aromatic nitrogens is 1. The lowest BCUT2D eigenvalue weighted by Gasteiger charge is -2.26. The highest BCUT2D eigenvalue weighted by atomic mass is 32.1. The van der Waals surface area contributed by atoms with Gasteiger partial charge >= 0.3 is 0 Å². The van der Waals surface area contributed by atoms with Crippen molar-refractivity contribution in [2.45, 2.75) is 137 Å². The van der Waals surface area contributed by atoms with Crippen molar-refractivity contribution in [3.05, 3.63) is 76.2 Å². The van der Waals surface area contributed by atoms with Crippen LogP contribution in [0.5, 0.6) is 5.75 Å². The number of unbranched alkanes of at least 4 members (excludes halogenated alkanes) is 11. The number of carbonyl (C=O) groups excluding carboxylic acids is 1. The summed E-state index contributed by atoms with van der Waals surface area (Å²) in [7, 11) is 0. The Labute approximate surface area is 266 Å². The normalized spacial score (nSPS) is 11.6. The summed E-state index contributed by atoms with van der Waals surface area (Å²) in [6.07, 6.45) is 18.7. The van der Waals surface area contributed by atoms with Crippen molar-refractivity contribution in [3.63, 3.8) is 0 Å². The molecule has 0 bridgehead atoms. The summed E-state index contributed by atoms with van der Waals surface area (Å²) in [5.74, 6) is 1.10. The highest BCUT2D eigenvalue weighted by Gasteiger charge is 2.22. The van der Waals surface area contributed by atoms with Gasteiger partial charge in [0.05, 0.1) is 18.5 Å². The van der Waals surface area contributed by atoms with Crippen molar-refractivity contribution < 1.29 is 14.1 Å². The molecule has 5 heteroatoms. The summed E-state index contributed by atoms with van der Waals surface area (Å²) >= 11 is 1.69. The molecule has 1 aromatic heterocycles. The van der Waals surface area contributed by atoms with E-state index in [-0.39, 0.29) is 11.3 Å². The first-order valence-corrected chi connectivity index (χ1v) is 17.8. The third kappa shape index (κ3) is 12.5. The van der Waals surface area contributed by atoms with E-state index in [1.807, 2.05) is 17.9 Å². The van der Waals surface area contributed by atoms with Crippen LogP contribution in [0.3, 0.4) is 0 Å². The molecule has 0 aliphatic rings. The Morgan fingerprint density at radius 1 is 0.837 bits per heavy atom. The monoisotopic (exact) mass is 605 g/mol. The molecule has 0 radical (unpaired) electrons. The zero-order valence-corrected chi connectivity index (χ0v) is 28.5. The largest absolute Gasteiger partial charge is 0.493 e. The number of nitrogens with zero attached hydrogens (tertiary/aromatic N) is 2. The summed E-state index contributed by atoms with van der Waals surface area (Å²) in [6, 6.07) is 14.9. The predicted octanol–water partition coefficient (Wildman–Crippen LogP) is 10.4. The Morgan fingerprint density at radius 3 is 2.12 bits per heavy atom. The van der Waals surface area contributed by atoms with Crippen molar-refractivity contribution in [3.8, 4) is 5.75 Å². The van der Waals surface area contributed by atoms with Gasteiger partial charge in [-0.25, -0.2) is 0 Å². The minimum atomic E-state index is -0.0564. The molecule has 0 saturated carbocycles. The summed E-state index contributed by atoms with van der Waals surface area (Å²) in [6.45, 7) is 13.0. The minimum absolute atomic E-state index is 0.0564. The molecule has 0 aliphatic carbocycles. The SMILES string of the molecule is CCCCCCCCCCCCCCOc1ccc(CN(C(=O)CC)c2cccc(C[n+]3ccsc3)c2)cc1C(C)(C)C. The minimum Gasteiger partial charge on any atom is -0.493 e. The van der Waals surface area contributed by atoms with Gasteiger partial charge in [0.25, 0.3) is 0 Å². The first-order valence-electron chi connectivity index (χ1n) is 16.9. The third-order valence-electron chi connectivity index (χ3n) is 8.17. The number of ether oxygens (including phenoxy) is 1. The van der Waals surface area contributed by atoms with Crippen molar-refractivity contribution in [1.29, 1.82) is 0 Å². The van der Waals surface area contributed by atoms with E-state index in [1.54, 1.807) is 11.3 Å². The highest BCUT2D eigenvalue weighted by molar-refractivity contribution is 7.07. The molecule has 0 aliphatic heterocycles. The van der Waals surface area contributed by atoms with E-state index < -0.39 is 0 Å². The van der Waals surface area contributed by atoms with Gasteiger partial charge in [-0.2, -0.15) is 4.57 Å². The van der Waals surface area contributed by atoms with Crippen LogP contribution in [-0.4, -0.2) is 12.5 Å². The van der Waals surface area contributed by atoms with Crippen molar-refractivity contribution in [2.24, 2.45) is 0 Å². The molecule has 0 unspecified atom stereocenters. The number of hydrogen-bond acceptors (Lipinski definition) is 3. The topological polar surface area (TPSA) is 33.4 Å². The maximum Gasteiger partial charge on any atom is 0.227 e. The number of carbonyl (C=O) groups is 1. The van der Waals surface area contributed by atoms with E-state index in [2.05, 4.69) is 85.7 Å². The summed E-state index contributed by atoms with van der Waals surface area (Å²) in [4.78, 5) is 15.1. The quantitative estimate of drug-likeness (QED) is 0.0948. The van der Waals surface area contributed by atoms with E-state index in [0.717, 1.165) is 36.6 Å². The van der Waals surface area contributed by atoms with Gasteiger partial charge in [-0.1, -0.05) is 135 Å². The van der Waals surface area contributed by atoms with Gasteiger partial charge < -0.3 is 9.64 Å². The van der Waals surface area contributed by atoms with E-state index in [1.165, 1.54) is 81.8 Å². The van der Waals surface area contributed by atoms with Crippen LogP contribution in [0.4, 0.5) is 5.69 Å². The van der Waals surface area contributed by atoms with Crippen LogP contribution in [0.25, 0.3) is 0 Å². The Hall–Kier alpha value is -2.66. The summed E-state index contributed by atoms with van der Waals surface area (Å²) in [5, 5.41) is 2.08. The molecule has 1 amide bonds. The predicted molar refractivity (Wildman–Crippen MR) is 183 cm³/mol. The van der Waals surface area contributed by atoms with Crippen LogP contribution in [0, 0.1) is 0 Å². The van der Waals surface area contributed by atoms with Gasteiger partial charge in [0.2, 0.25) is 11.4 Å². The maximum absolute atomic E-state index is 13.1. The highest BCUT2D eigenvalue weighted by Crippen LogP contribution is 2.33. The molecule has 3 aromatic rings. The van der Waals surface area contributed by atoms with E-state index >= 15 is 0 Å². The standard InChI is InChI=1S/C38H57N2O2S/c1-6-8-9-10-11-12-13-14-15-16-17-18-25-42-36-23-22-33(28-35(36)38(3,4)5)30-40(37(41)7-2)34-21-19-20-32(27-34)29-39-24-26-43-31-39/h19-24,26-28,31H,6-18,25,29-30H2,1-5H3/q+1. The average Bonchev–Trinajstić information content (AvgIpc) is 3.51. The Bertz CT molecular complexity index is 1200. The van der Waals surface area contributed by atoms with Gasteiger partial charge in [0.15, 0.2) is 12.7 Å². The molecule has 3 rings (SSSR count). The molecule has 0 fully saturated rings. The van der Waals surface area contributed by atoms with Gasteiger partial charge in [-0.3, -0.25) is 4.79 Å². The zero-order valence-electron chi connectivity index (χ0n) is 27.7. The van der Waals surface area contributed by atoms with Gasteiger partial charge in [-0.05, 0) is 47.2 Å². The van der Waals surface area contributed by atoms with E-state index in [4.69, 9.17) is 4.74 Å².